The maximum Gasteiger partial charge on any atom is 0.342 e. The van der Waals surface area contributed by atoms with Crippen molar-refractivity contribution in [3.8, 4) is 0 Å². The number of nitrogens with zero attached hydrogens (tertiary/aromatic N) is 1. The summed E-state index contributed by atoms with van der Waals surface area (Å²) in [6, 6.07) is -0.181. The van der Waals surface area contributed by atoms with Gasteiger partial charge in [-0.05, 0) is 20.3 Å². The van der Waals surface area contributed by atoms with E-state index in [4.69, 9.17) is 10.2 Å². The first-order valence-electron chi connectivity index (χ1n) is 6.23. The Hall–Kier alpha value is -1.38. The summed E-state index contributed by atoms with van der Waals surface area (Å²) in [6.07, 6.45) is 0.600. The maximum absolute atomic E-state index is 12.7. The first-order chi connectivity index (χ1) is 9.28. The van der Waals surface area contributed by atoms with Gasteiger partial charge in [0.25, 0.3) is 0 Å². The summed E-state index contributed by atoms with van der Waals surface area (Å²) >= 11 is 0. The van der Waals surface area contributed by atoms with E-state index in [1.165, 1.54) is 25.3 Å². The topological polar surface area (TPSA) is 103 Å². The first-order valence-corrected chi connectivity index (χ1v) is 7.67. The number of aryl methyl sites for hydroxylation is 2. The van der Waals surface area contributed by atoms with Crippen molar-refractivity contribution in [1.82, 2.24) is 4.31 Å². The summed E-state index contributed by atoms with van der Waals surface area (Å²) in [5.74, 6) is -0.304. The van der Waals surface area contributed by atoms with Crippen molar-refractivity contribution < 1.29 is 22.4 Å². The number of hydrogen-bond acceptors (Lipinski definition) is 6. The van der Waals surface area contributed by atoms with Crippen LogP contribution in [0.1, 0.15) is 28.3 Å². The first kappa shape index (κ1) is 15.0. The van der Waals surface area contributed by atoms with E-state index in [1.54, 1.807) is 0 Å². The van der Waals surface area contributed by atoms with Crippen molar-refractivity contribution >= 4 is 16.0 Å². The van der Waals surface area contributed by atoms with Crippen molar-refractivity contribution in [2.75, 3.05) is 20.2 Å². The molecule has 2 N–H and O–H groups in total. The zero-order valence-corrected chi connectivity index (χ0v) is 12.5. The molecule has 0 aromatic carbocycles. The molecule has 112 valence electrons. The summed E-state index contributed by atoms with van der Waals surface area (Å²) in [5, 5.41) is 0. The third-order valence-corrected chi connectivity index (χ3v) is 5.40. The van der Waals surface area contributed by atoms with Crippen LogP contribution in [-0.2, 0) is 14.8 Å². The van der Waals surface area contributed by atoms with E-state index < -0.39 is 16.0 Å². The Kier molecular flexibility index (Phi) is 3.90. The van der Waals surface area contributed by atoms with E-state index in [9.17, 15) is 13.2 Å². The highest BCUT2D eigenvalue weighted by atomic mass is 32.2. The Bertz CT molecular complexity index is 635. The van der Waals surface area contributed by atoms with Gasteiger partial charge in [-0.25, -0.2) is 13.2 Å². The van der Waals surface area contributed by atoms with E-state index in [1.807, 2.05) is 0 Å². The molecule has 0 unspecified atom stereocenters. The van der Waals surface area contributed by atoms with Gasteiger partial charge in [0.2, 0.25) is 10.0 Å². The zero-order valence-electron chi connectivity index (χ0n) is 11.7. The van der Waals surface area contributed by atoms with Crippen LogP contribution in [0.15, 0.2) is 9.31 Å². The van der Waals surface area contributed by atoms with E-state index in [0.29, 0.717) is 13.0 Å². The van der Waals surface area contributed by atoms with Gasteiger partial charge in [-0.3, -0.25) is 0 Å². The average Bonchev–Trinajstić information content (AvgIpc) is 2.92. The van der Waals surface area contributed by atoms with Crippen molar-refractivity contribution in [2.45, 2.75) is 31.2 Å². The van der Waals surface area contributed by atoms with E-state index in [2.05, 4.69) is 4.74 Å². The van der Waals surface area contributed by atoms with Gasteiger partial charge in [0, 0.05) is 19.1 Å². The molecule has 1 fully saturated rings. The largest absolute Gasteiger partial charge is 0.465 e. The smallest absolute Gasteiger partial charge is 0.342 e. The summed E-state index contributed by atoms with van der Waals surface area (Å²) in [5.41, 5.74) is 5.71. The molecule has 0 amide bonds. The minimum atomic E-state index is -3.81. The van der Waals surface area contributed by atoms with Gasteiger partial charge in [0.05, 0.1) is 7.11 Å². The van der Waals surface area contributed by atoms with Crippen LogP contribution in [0.3, 0.4) is 0 Å². The second-order valence-corrected chi connectivity index (χ2v) is 6.70. The summed E-state index contributed by atoms with van der Waals surface area (Å²) in [7, 11) is -2.61. The molecule has 0 radical (unpaired) electrons. The number of methoxy groups -OCH3 is 1. The lowest BCUT2D eigenvalue weighted by atomic mass is 10.2. The van der Waals surface area contributed by atoms with Crippen LogP contribution in [0.5, 0.6) is 0 Å². The molecule has 1 aromatic rings. The Morgan fingerprint density at radius 3 is 2.55 bits per heavy atom. The van der Waals surface area contributed by atoms with Gasteiger partial charge in [-0.2, -0.15) is 4.31 Å². The number of furan rings is 1. The lowest BCUT2D eigenvalue weighted by molar-refractivity contribution is 0.0594. The Morgan fingerprint density at radius 1 is 1.40 bits per heavy atom. The number of sulfonamides is 1. The van der Waals surface area contributed by atoms with Crippen molar-refractivity contribution in [2.24, 2.45) is 5.73 Å². The lowest BCUT2D eigenvalue weighted by Crippen LogP contribution is -2.33. The second kappa shape index (κ2) is 5.19. The highest BCUT2D eigenvalue weighted by Crippen LogP contribution is 2.31. The highest BCUT2D eigenvalue weighted by Gasteiger charge is 2.38. The number of ether oxygens (including phenoxy) is 1. The number of carbonyl (C=O) groups excluding carboxylic acids is 1. The third kappa shape index (κ3) is 2.34. The van der Waals surface area contributed by atoms with E-state index in [-0.39, 0.29) is 34.6 Å². The molecule has 0 aliphatic carbocycles. The SMILES string of the molecule is COC(=O)c1c(C)oc(C)c1S(=O)(=O)N1CC[C@H](N)C1. The second-order valence-electron chi connectivity index (χ2n) is 4.82. The average molecular weight is 302 g/mol. The van der Waals surface area contributed by atoms with Crippen molar-refractivity contribution in [3.63, 3.8) is 0 Å². The lowest BCUT2D eigenvalue weighted by Gasteiger charge is -2.16. The van der Waals surface area contributed by atoms with Crippen molar-refractivity contribution in [3.05, 3.63) is 17.1 Å². The Morgan fingerprint density at radius 2 is 2.05 bits per heavy atom. The molecule has 1 aliphatic heterocycles. The van der Waals surface area contributed by atoms with Crippen LogP contribution in [-0.4, -0.2) is 44.9 Å². The quantitative estimate of drug-likeness (QED) is 0.811. The number of carbonyl (C=O) groups is 1. The summed E-state index contributed by atoms with van der Waals surface area (Å²) in [4.78, 5) is 11.7. The molecule has 1 aromatic heterocycles. The van der Waals surface area contributed by atoms with Gasteiger partial charge in [0.1, 0.15) is 22.0 Å². The molecule has 2 rings (SSSR count). The maximum atomic E-state index is 12.7. The monoisotopic (exact) mass is 302 g/mol. The minimum Gasteiger partial charge on any atom is -0.465 e. The fourth-order valence-electron chi connectivity index (χ4n) is 2.41. The molecule has 0 saturated carbocycles. The molecule has 1 saturated heterocycles. The zero-order chi connectivity index (χ0) is 15.1. The molecule has 2 heterocycles. The molecule has 0 bridgehead atoms. The molecule has 1 atom stereocenters. The van der Waals surface area contributed by atoms with Gasteiger partial charge >= 0.3 is 5.97 Å². The normalized spacial score (nSPS) is 20.3. The van der Waals surface area contributed by atoms with Crippen LogP contribution in [0.4, 0.5) is 0 Å². The van der Waals surface area contributed by atoms with Gasteiger partial charge < -0.3 is 14.9 Å². The van der Waals surface area contributed by atoms with Crippen LogP contribution < -0.4 is 5.73 Å². The highest BCUT2D eigenvalue weighted by molar-refractivity contribution is 7.89. The van der Waals surface area contributed by atoms with E-state index >= 15 is 0 Å². The molecule has 1 aliphatic rings. The molecule has 7 nitrogen and oxygen atoms in total. The fraction of sp³-hybridized carbons (Fsp3) is 0.583. The Labute approximate surface area is 117 Å². The van der Waals surface area contributed by atoms with Gasteiger partial charge in [0.15, 0.2) is 0 Å². The van der Waals surface area contributed by atoms with Crippen LogP contribution in [0.25, 0.3) is 0 Å². The third-order valence-electron chi connectivity index (χ3n) is 3.38. The standard InChI is InChI=1S/C12H18N2O5S/c1-7-10(12(15)18-3)11(8(2)19-7)20(16,17)14-5-4-9(13)6-14/h9H,4-6,13H2,1-3H3/t9-/m0/s1. The molecular formula is C12H18N2O5S. The van der Waals surface area contributed by atoms with Crippen LogP contribution in [0.2, 0.25) is 0 Å². The minimum absolute atomic E-state index is 0.0366. The summed E-state index contributed by atoms with van der Waals surface area (Å²) < 4.78 is 36.5. The van der Waals surface area contributed by atoms with Crippen LogP contribution >= 0.6 is 0 Å². The van der Waals surface area contributed by atoms with Crippen LogP contribution in [0, 0.1) is 13.8 Å². The van der Waals surface area contributed by atoms with Crippen molar-refractivity contribution in [1.29, 1.82) is 0 Å². The van der Waals surface area contributed by atoms with E-state index in [0.717, 1.165) is 0 Å². The molecule has 20 heavy (non-hydrogen) atoms. The predicted octanol–water partition coefficient (Wildman–Crippen LogP) is 0.405. The number of hydrogen-bond donors (Lipinski definition) is 1. The number of esters is 1. The van der Waals surface area contributed by atoms with Gasteiger partial charge in [-0.1, -0.05) is 0 Å². The van der Waals surface area contributed by atoms with Gasteiger partial charge in [-0.15, -0.1) is 0 Å². The number of nitrogens with two attached hydrogens (primary N) is 1. The number of rotatable bonds is 3. The Balaban J connectivity index is 2.54. The summed E-state index contributed by atoms with van der Waals surface area (Å²) in [6.45, 7) is 3.64. The molecular weight excluding hydrogens is 284 g/mol. The molecule has 0 spiro atoms. The fourth-order valence-corrected chi connectivity index (χ4v) is 4.30. The predicted molar refractivity (Wildman–Crippen MR) is 70.9 cm³/mol. The molecule has 8 heteroatoms.